The highest BCUT2D eigenvalue weighted by atomic mass is 32.1. The van der Waals surface area contributed by atoms with Gasteiger partial charge in [0.1, 0.15) is 0 Å². The molecule has 2 aliphatic heterocycles. The summed E-state index contributed by atoms with van der Waals surface area (Å²) in [7, 11) is 2.37. The second kappa shape index (κ2) is 8.56. The fourth-order valence-corrected chi connectivity index (χ4v) is 8.82. The van der Waals surface area contributed by atoms with Gasteiger partial charge in [0.2, 0.25) is 0 Å². The zero-order valence-electron chi connectivity index (χ0n) is 24.0. The van der Waals surface area contributed by atoms with Gasteiger partial charge in [-0.3, -0.25) is 0 Å². The summed E-state index contributed by atoms with van der Waals surface area (Å²) in [6, 6.07) is 46.0. The molecule has 0 amide bonds. The number of thiophene rings is 1. The van der Waals surface area contributed by atoms with Gasteiger partial charge < -0.3 is 14.6 Å². The Morgan fingerprint density at radius 1 is 0.622 bits per heavy atom. The summed E-state index contributed by atoms with van der Waals surface area (Å²) in [4.78, 5) is 6.31. The molecule has 0 unspecified atom stereocenters. The van der Waals surface area contributed by atoms with Crippen LogP contribution in [0.2, 0.25) is 0 Å². The van der Waals surface area contributed by atoms with E-state index in [1.807, 2.05) is 17.4 Å². The van der Waals surface area contributed by atoms with Crippen molar-refractivity contribution in [2.45, 2.75) is 0 Å². The number of anilines is 3. The first-order valence-electron chi connectivity index (χ1n) is 15.3. The minimum absolute atomic E-state index is 0.873. The van der Waals surface area contributed by atoms with Crippen molar-refractivity contribution in [3.8, 4) is 22.6 Å². The zero-order chi connectivity index (χ0) is 29.2. The van der Waals surface area contributed by atoms with Gasteiger partial charge in [0, 0.05) is 47.7 Å². The standard InChI is InChI=1S/C40H22BN2OS/c1-2-10-23-20-29-27(19-22(23)9-1)24-12-7-13-26(39(24)42-29)37-36-25-11-3-6-18-34(25)45-35(36)21-31-38(37)41-28-14-8-17-33-40(28)43(31)30-15-4-5-16-32(30)44-33/h1-21,42H. The molecule has 207 valence electrons. The van der Waals surface area contributed by atoms with E-state index in [0.29, 0.717) is 0 Å². The van der Waals surface area contributed by atoms with Crippen molar-refractivity contribution in [1.82, 2.24) is 4.98 Å². The summed E-state index contributed by atoms with van der Waals surface area (Å²) in [6.45, 7) is 0. The number of aromatic amines is 1. The van der Waals surface area contributed by atoms with Gasteiger partial charge in [-0.1, -0.05) is 90.4 Å². The first kappa shape index (κ1) is 23.9. The van der Waals surface area contributed by atoms with Crippen LogP contribution in [-0.4, -0.2) is 12.3 Å². The maximum Gasteiger partial charge on any atom is 0.198 e. The molecule has 2 aliphatic rings. The van der Waals surface area contributed by atoms with E-state index < -0.39 is 0 Å². The van der Waals surface area contributed by atoms with Crippen LogP contribution in [0, 0.1) is 0 Å². The zero-order valence-corrected chi connectivity index (χ0v) is 24.8. The highest BCUT2D eigenvalue weighted by Gasteiger charge is 2.35. The molecule has 1 radical (unpaired) electrons. The van der Waals surface area contributed by atoms with Gasteiger partial charge in [-0.25, -0.2) is 0 Å². The van der Waals surface area contributed by atoms with Crippen LogP contribution in [0.4, 0.5) is 17.1 Å². The molecule has 2 aromatic heterocycles. The lowest BCUT2D eigenvalue weighted by molar-refractivity contribution is 0.477. The highest BCUT2D eigenvalue weighted by Crippen LogP contribution is 2.53. The van der Waals surface area contributed by atoms with E-state index >= 15 is 0 Å². The van der Waals surface area contributed by atoms with Gasteiger partial charge in [-0.05, 0) is 64.3 Å². The number of ether oxygens (including phenoxy) is 1. The number of benzene rings is 7. The average Bonchev–Trinajstić information content (AvgIpc) is 3.64. The molecular formula is C40H22BN2OS. The van der Waals surface area contributed by atoms with Gasteiger partial charge >= 0.3 is 0 Å². The predicted octanol–water partition coefficient (Wildman–Crippen LogP) is 10.1. The van der Waals surface area contributed by atoms with E-state index in [1.54, 1.807) is 0 Å². The summed E-state index contributed by atoms with van der Waals surface area (Å²) < 4.78 is 9.03. The minimum Gasteiger partial charge on any atom is -0.453 e. The Bertz CT molecular complexity index is 2740. The SMILES string of the molecule is [B]1c2cccc3c2N(c2ccccc2O3)c2cc3sc4ccccc4c3c(-c3cccc4c3[nH]c3cc5ccccc5cc34)c21. The molecule has 0 spiro atoms. The molecule has 0 fully saturated rings. The summed E-state index contributed by atoms with van der Waals surface area (Å²) in [5.41, 5.74) is 10.5. The van der Waals surface area contributed by atoms with Crippen LogP contribution in [0.15, 0.2) is 127 Å². The maximum absolute atomic E-state index is 6.45. The minimum atomic E-state index is 0.873. The molecule has 0 saturated carbocycles. The van der Waals surface area contributed by atoms with E-state index in [-0.39, 0.29) is 0 Å². The van der Waals surface area contributed by atoms with Gasteiger partial charge in [-0.2, -0.15) is 0 Å². The Morgan fingerprint density at radius 3 is 2.36 bits per heavy atom. The van der Waals surface area contributed by atoms with Crippen molar-refractivity contribution in [1.29, 1.82) is 0 Å². The second-order valence-electron chi connectivity index (χ2n) is 12.0. The molecule has 0 atom stereocenters. The number of rotatable bonds is 1. The number of H-pyrrole nitrogens is 1. The van der Waals surface area contributed by atoms with Crippen LogP contribution in [0.1, 0.15) is 0 Å². The number of nitrogens with zero attached hydrogens (tertiary/aromatic N) is 1. The van der Waals surface area contributed by atoms with Gasteiger partial charge in [0.15, 0.2) is 18.8 Å². The third kappa shape index (κ3) is 3.15. The van der Waals surface area contributed by atoms with Crippen LogP contribution >= 0.6 is 11.3 Å². The smallest absolute Gasteiger partial charge is 0.198 e. The van der Waals surface area contributed by atoms with Crippen molar-refractivity contribution < 1.29 is 4.74 Å². The molecule has 5 heteroatoms. The molecule has 11 rings (SSSR count). The van der Waals surface area contributed by atoms with Crippen LogP contribution < -0.4 is 20.6 Å². The van der Waals surface area contributed by atoms with Gasteiger partial charge in [0.25, 0.3) is 0 Å². The van der Waals surface area contributed by atoms with Crippen LogP contribution in [-0.2, 0) is 0 Å². The molecular weight excluding hydrogens is 567 g/mol. The molecule has 9 aromatic rings. The average molecular weight is 590 g/mol. The number of aromatic nitrogens is 1. The Morgan fingerprint density at radius 2 is 1.40 bits per heavy atom. The van der Waals surface area contributed by atoms with E-state index in [0.717, 1.165) is 33.9 Å². The van der Waals surface area contributed by atoms with Crippen LogP contribution in [0.25, 0.3) is 63.9 Å². The molecule has 7 aromatic carbocycles. The van der Waals surface area contributed by atoms with Crippen molar-refractivity contribution in [3.63, 3.8) is 0 Å². The van der Waals surface area contributed by atoms with E-state index in [2.05, 4.69) is 138 Å². The molecule has 0 aliphatic carbocycles. The van der Waals surface area contributed by atoms with E-state index in [4.69, 9.17) is 4.74 Å². The topological polar surface area (TPSA) is 28.3 Å². The normalized spacial score (nSPS) is 13.2. The quantitative estimate of drug-likeness (QED) is 0.193. The first-order valence-corrected chi connectivity index (χ1v) is 16.1. The van der Waals surface area contributed by atoms with Gasteiger partial charge in [-0.15, -0.1) is 11.3 Å². The summed E-state index contributed by atoms with van der Waals surface area (Å²) in [5, 5.41) is 7.60. The molecule has 4 heterocycles. The number of hydrogen-bond acceptors (Lipinski definition) is 3. The third-order valence-corrected chi connectivity index (χ3v) is 10.7. The third-order valence-electron chi connectivity index (χ3n) is 9.58. The lowest BCUT2D eigenvalue weighted by Crippen LogP contribution is -2.42. The van der Waals surface area contributed by atoms with Crippen molar-refractivity contribution in [2.24, 2.45) is 0 Å². The van der Waals surface area contributed by atoms with Crippen molar-refractivity contribution in [2.75, 3.05) is 4.90 Å². The Balaban J connectivity index is 1.30. The molecule has 1 N–H and O–H groups in total. The van der Waals surface area contributed by atoms with Crippen LogP contribution in [0.3, 0.4) is 0 Å². The largest absolute Gasteiger partial charge is 0.453 e. The number of fused-ring (bicyclic) bond motifs is 11. The Labute approximate surface area is 263 Å². The summed E-state index contributed by atoms with van der Waals surface area (Å²) in [5.74, 6) is 1.76. The predicted molar refractivity (Wildman–Crippen MR) is 191 cm³/mol. The molecule has 45 heavy (non-hydrogen) atoms. The van der Waals surface area contributed by atoms with Crippen LogP contribution in [0.5, 0.6) is 11.5 Å². The number of para-hydroxylation sites is 4. The molecule has 0 saturated heterocycles. The Kier molecular flexibility index (Phi) is 4.54. The number of hydrogen-bond donors (Lipinski definition) is 1. The summed E-state index contributed by atoms with van der Waals surface area (Å²) in [6.07, 6.45) is 0. The molecule has 0 bridgehead atoms. The fraction of sp³-hybridized carbons (Fsp3) is 0. The monoisotopic (exact) mass is 589 g/mol. The summed E-state index contributed by atoms with van der Waals surface area (Å²) >= 11 is 1.87. The fourth-order valence-electron chi connectivity index (χ4n) is 7.67. The van der Waals surface area contributed by atoms with Gasteiger partial charge in [0.05, 0.1) is 16.9 Å². The molecule has 3 nitrogen and oxygen atoms in total. The maximum atomic E-state index is 6.45. The lowest BCUT2D eigenvalue weighted by Gasteiger charge is -2.39. The van der Waals surface area contributed by atoms with Crippen molar-refractivity contribution in [3.05, 3.63) is 127 Å². The first-order chi connectivity index (χ1) is 22.3. The number of nitrogens with one attached hydrogen (secondary N) is 1. The highest BCUT2D eigenvalue weighted by molar-refractivity contribution is 7.26. The van der Waals surface area contributed by atoms with Crippen molar-refractivity contribution >= 4 is 99.4 Å². The Hall–Kier alpha value is -5.52. The lowest BCUT2D eigenvalue weighted by atomic mass is 9.57. The van der Waals surface area contributed by atoms with E-state index in [1.165, 1.54) is 69.5 Å². The van der Waals surface area contributed by atoms with E-state index in [9.17, 15) is 0 Å². The second-order valence-corrected chi connectivity index (χ2v) is 13.1.